The number of nitrogens with zero attached hydrogens (tertiary/aromatic N) is 3. The van der Waals surface area contributed by atoms with Crippen LogP contribution < -0.4 is 25.2 Å². The van der Waals surface area contributed by atoms with E-state index in [1.165, 1.54) is 24.6 Å². The van der Waals surface area contributed by atoms with E-state index in [4.69, 9.17) is 9.47 Å². The minimum absolute atomic E-state index is 0.0153. The number of aromatic amines is 1. The van der Waals surface area contributed by atoms with E-state index in [0.29, 0.717) is 24.5 Å². The van der Waals surface area contributed by atoms with Gasteiger partial charge in [-0.15, -0.1) is 0 Å². The number of pyridine rings is 1. The van der Waals surface area contributed by atoms with Crippen LogP contribution in [-0.4, -0.2) is 50.8 Å². The summed E-state index contributed by atoms with van der Waals surface area (Å²) in [5.41, 5.74) is 2.92. The summed E-state index contributed by atoms with van der Waals surface area (Å²) < 4.78 is 11.9. The Morgan fingerprint density at radius 3 is 2.14 bits per heavy atom. The van der Waals surface area contributed by atoms with Gasteiger partial charge in [-0.1, -0.05) is 82.4 Å². The summed E-state index contributed by atoms with van der Waals surface area (Å²) in [6.45, 7) is 7.44. The molecule has 2 aliphatic rings. The van der Waals surface area contributed by atoms with Gasteiger partial charge >= 0.3 is 0 Å². The highest BCUT2D eigenvalue weighted by Crippen LogP contribution is 2.39. The average molecular weight is 760 g/mol. The van der Waals surface area contributed by atoms with Gasteiger partial charge in [0.1, 0.15) is 23.8 Å². The van der Waals surface area contributed by atoms with Crippen molar-refractivity contribution in [2.75, 3.05) is 18.1 Å². The highest BCUT2D eigenvalue weighted by Gasteiger charge is 2.50. The number of aromatic hydroxyl groups is 1. The molecule has 2 aromatic heterocycles. The molecule has 292 valence electrons. The van der Waals surface area contributed by atoms with Crippen molar-refractivity contribution in [3.8, 4) is 17.4 Å². The summed E-state index contributed by atoms with van der Waals surface area (Å²) in [6.07, 6.45) is 14.4. The number of anilines is 1. The number of ketones is 1. The van der Waals surface area contributed by atoms with Crippen molar-refractivity contribution in [3.63, 3.8) is 0 Å². The van der Waals surface area contributed by atoms with Crippen molar-refractivity contribution >= 4 is 23.3 Å². The van der Waals surface area contributed by atoms with Crippen LogP contribution in [0, 0.1) is 11.8 Å². The van der Waals surface area contributed by atoms with E-state index in [0.717, 1.165) is 66.9 Å². The molecule has 3 N–H and O–H groups in total. The number of amides is 2. The monoisotopic (exact) mass is 759 g/mol. The summed E-state index contributed by atoms with van der Waals surface area (Å²) in [7, 11) is 0. The highest BCUT2D eigenvalue weighted by atomic mass is 16.5. The minimum Gasteiger partial charge on any atom is -0.494 e. The van der Waals surface area contributed by atoms with Gasteiger partial charge in [-0.3, -0.25) is 24.2 Å². The maximum atomic E-state index is 13.3. The highest BCUT2D eigenvalue weighted by molar-refractivity contribution is 6.24. The molecule has 0 spiro atoms. The van der Waals surface area contributed by atoms with E-state index < -0.39 is 35.1 Å². The van der Waals surface area contributed by atoms with Crippen LogP contribution in [-0.2, 0) is 21.6 Å². The van der Waals surface area contributed by atoms with Crippen LogP contribution in [0.4, 0.5) is 5.69 Å². The van der Waals surface area contributed by atoms with Gasteiger partial charge in [-0.05, 0) is 66.4 Å². The fraction of sp³-hybridized carbons (Fsp3) is 0.364. The zero-order valence-electron chi connectivity index (χ0n) is 32.1. The number of rotatable bonds is 19. The number of aromatic nitrogens is 3. The quantitative estimate of drug-likeness (QED) is 0.0519. The SMILES string of the molecule is CC(=O)c1nccc(COc2ccc(C(C)(C)c3ccc(OCCCCCCCCCNC4=CC=CC5C(=O)N(c6ccc(=O)[nH]c6O)C(=O)C45)cc3)cc2)n1. The smallest absolute Gasteiger partial charge is 0.250 e. The van der Waals surface area contributed by atoms with E-state index in [2.05, 4.69) is 58.4 Å². The summed E-state index contributed by atoms with van der Waals surface area (Å²) >= 11 is 0. The molecule has 1 fully saturated rings. The lowest BCUT2D eigenvalue weighted by atomic mass is 9.78. The molecular weight excluding hydrogens is 711 g/mol. The number of nitrogens with one attached hydrogen (secondary N) is 2. The first-order valence-electron chi connectivity index (χ1n) is 19.2. The third-order valence-electron chi connectivity index (χ3n) is 10.4. The predicted molar refractivity (Wildman–Crippen MR) is 213 cm³/mol. The molecule has 0 bridgehead atoms. The van der Waals surface area contributed by atoms with Crippen molar-refractivity contribution in [1.82, 2.24) is 20.3 Å². The second kappa shape index (κ2) is 18.1. The van der Waals surface area contributed by atoms with Gasteiger partial charge < -0.3 is 19.9 Å². The Hall–Kier alpha value is -6.04. The largest absolute Gasteiger partial charge is 0.494 e. The van der Waals surface area contributed by atoms with Gasteiger partial charge in [0.05, 0.1) is 24.1 Å². The summed E-state index contributed by atoms with van der Waals surface area (Å²) in [5.74, 6) is -1.09. The number of hydrogen-bond donors (Lipinski definition) is 3. The summed E-state index contributed by atoms with van der Waals surface area (Å²) in [6, 6.07) is 20.6. The van der Waals surface area contributed by atoms with Gasteiger partial charge in [-0.25, -0.2) is 14.9 Å². The number of carbonyl (C=O) groups excluding carboxylic acids is 3. The number of Topliss-reactive ketones (excluding diaryl/α,β-unsaturated/α-hetero) is 1. The van der Waals surface area contributed by atoms with Gasteiger partial charge in [0.2, 0.25) is 17.7 Å². The maximum Gasteiger partial charge on any atom is 0.250 e. The first kappa shape index (κ1) is 39.6. The van der Waals surface area contributed by atoms with Crippen molar-refractivity contribution in [3.05, 3.63) is 130 Å². The van der Waals surface area contributed by atoms with Crippen LogP contribution in [0.3, 0.4) is 0 Å². The molecule has 6 rings (SSSR count). The zero-order valence-corrected chi connectivity index (χ0v) is 32.1. The number of imide groups is 1. The van der Waals surface area contributed by atoms with E-state index >= 15 is 0 Å². The molecule has 0 radical (unpaired) electrons. The van der Waals surface area contributed by atoms with Gasteiger partial charge in [-0.2, -0.15) is 0 Å². The number of fused-ring (bicyclic) bond motifs is 1. The van der Waals surface area contributed by atoms with Gasteiger partial charge in [0.15, 0.2) is 11.6 Å². The van der Waals surface area contributed by atoms with Gasteiger partial charge in [0, 0.05) is 36.8 Å². The third kappa shape index (κ3) is 9.42. The molecule has 2 aromatic carbocycles. The molecule has 56 heavy (non-hydrogen) atoms. The molecule has 2 amide bonds. The standard InChI is InChI=1S/C44H49N5O7/c1-29(50)40-46-26-24-32(47-40)28-56-34-20-16-31(17-21-34)44(2,3)30-14-18-33(19-15-30)55-27-10-8-6-4-5-7-9-25-45-36-13-11-12-35-39(36)43(54)49(42(35)53)37-22-23-38(51)48-41(37)52/h11-24,26,35,39,45H,4-10,25,27-28H2,1-3H3,(H2,48,51,52). The maximum absolute atomic E-state index is 13.3. The van der Waals surface area contributed by atoms with Crippen LogP contribution in [0.2, 0.25) is 0 Å². The molecule has 1 aliphatic heterocycles. The first-order chi connectivity index (χ1) is 27.0. The fourth-order valence-electron chi connectivity index (χ4n) is 7.08. The van der Waals surface area contributed by atoms with Gasteiger partial charge in [0.25, 0.3) is 5.56 Å². The number of benzene rings is 2. The van der Waals surface area contributed by atoms with Crippen LogP contribution in [0.1, 0.15) is 93.2 Å². The molecule has 12 heteroatoms. The Bertz CT molecular complexity index is 2140. The normalized spacial score (nSPS) is 16.4. The average Bonchev–Trinajstić information content (AvgIpc) is 3.45. The number of hydrogen-bond acceptors (Lipinski definition) is 10. The summed E-state index contributed by atoms with van der Waals surface area (Å²) in [5, 5.41) is 13.5. The fourth-order valence-corrected chi connectivity index (χ4v) is 7.08. The van der Waals surface area contributed by atoms with Crippen LogP contribution in [0.15, 0.2) is 102 Å². The first-order valence-corrected chi connectivity index (χ1v) is 19.2. The molecule has 2 unspecified atom stereocenters. The lowest BCUT2D eigenvalue weighted by Gasteiger charge is -2.26. The van der Waals surface area contributed by atoms with Crippen LogP contribution in [0.25, 0.3) is 0 Å². The molecule has 3 heterocycles. The van der Waals surface area contributed by atoms with E-state index in [1.54, 1.807) is 24.4 Å². The van der Waals surface area contributed by atoms with Crippen molar-refractivity contribution in [1.29, 1.82) is 0 Å². The Kier molecular flexibility index (Phi) is 12.8. The Morgan fingerprint density at radius 2 is 1.48 bits per heavy atom. The number of carbonyl (C=O) groups is 3. The minimum atomic E-state index is -0.676. The van der Waals surface area contributed by atoms with Crippen LogP contribution in [0.5, 0.6) is 17.4 Å². The number of unbranched alkanes of at least 4 members (excludes halogenated alkanes) is 6. The Balaban J connectivity index is 0.842. The lowest BCUT2D eigenvalue weighted by molar-refractivity contribution is -0.122. The lowest BCUT2D eigenvalue weighted by Crippen LogP contribution is -2.33. The molecule has 0 saturated carbocycles. The number of allylic oxidation sites excluding steroid dienone is 2. The molecule has 1 aliphatic carbocycles. The number of H-pyrrole nitrogens is 1. The van der Waals surface area contributed by atoms with Crippen molar-refractivity contribution in [2.24, 2.45) is 11.8 Å². The van der Waals surface area contributed by atoms with E-state index in [1.807, 2.05) is 30.3 Å². The predicted octanol–water partition coefficient (Wildman–Crippen LogP) is 6.94. The number of ether oxygens (including phenoxy) is 2. The second-order valence-electron chi connectivity index (χ2n) is 14.7. The topological polar surface area (TPSA) is 164 Å². The molecule has 4 aromatic rings. The van der Waals surface area contributed by atoms with Crippen LogP contribution >= 0.6 is 0 Å². The second-order valence-corrected chi connectivity index (χ2v) is 14.7. The van der Waals surface area contributed by atoms with Crippen molar-refractivity contribution in [2.45, 2.75) is 77.7 Å². The third-order valence-corrected chi connectivity index (χ3v) is 10.4. The van der Waals surface area contributed by atoms with E-state index in [-0.39, 0.29) is 29.3 Å². The molecular formula is C44H49N5O7. The Morgan fingerprint density at radius 1 is 0.839 bits per heavy atom. The molecule has 12 nitrogen and oxygen atoms in total. The van der Waals surface area contributed by atoms with Crippen molar-refractivity contribution < 1.29 is 29.0 Å². The summed E-state index contributed by atoms with van der Waals surface area (Å²) in [4.78, 5) is 60.9. The van der Waals surface area contributed by atoms with E-state index in [9.17, 15) is 24.3 Å². The molecule has 2 atom stereocenters. The Labute approximate surface area is 326 Å². The molecule has 1 saturated heterocycles. The zero-order chi connectivity index (χ0) is 39.7.